The van der Waals surface area contributed by atoms with Gasteiger partial charge in [0.05, 0.1) is 21.3 Å². The first kappa shape index (κ1) is 17.8. The number of thiazole rings is 1. The lowest BCUT2D eigenvalue weighted by atomic mass is 9.95. The zero-order valence-corrected chi connectivity index (χ0v) is 15.4. The van der Waals surface area contributed by atoms with Gasteiger partial charge in [-0.05, 0) is 12.1 Å². The number of hydrogen-bond donors (Lipinski definition) is 1. The van der Waals surface area contributed by atoms with Crippen LogP contribution in [-0.4, -0.2) is 32.6 Å². The first-order chi connectivity index (χ1) is 12.6. The smallest absolute Gasteiger partial charge is 0.203 e. The van der Waals surface area contributed by atoms with Gasteiger partial charge in [0, 0.05) is 39.5 Å². The van der Waals surface area contributed by atoms with Crippen LogP contribution in [0.2, 0.25) is 0 Å². The minimum absolute atomic E-state index is 0.391. The van der Waals surface area contributed by atoms with E-state index in [1.807, 2.05) is 23.6 Å². The maximum absolute atomic E-state index is 11.7. The molecule has 3 rings (SSSR count). The molecule has 3 aromatic rings. The third-order valence-corrected chi connectivity index (χ3v) is 4.81. The molecule has 0 saturated heterocycles. The molecule has 0 amide bonds. The second kappa shape index (κ2) is 7.45. The predicted octanol–water partition coefficient (Wildman–Crippen LogP) is 3.90. The zero-order valence-electron chi connectivity index (χ0n) is 14.6. The third kappa shape index (κ3) is 2.97. The van der Waals surface area contributed by atoms with Crippen LogP contribution in [0.3, 0.4) is 0 Å². The molecule has 2 aromatic carbocycles. The monoisotopic (exact) mass is 370 g/mol. The van der Waals surface area contributed by atoms with Gasteiger partial charge in [0.2, 0.25) is 5.75 Å². The van der Waals surface area contributed by atoms with Gasteiger partial charge in [0.25, 0.3) is 0 Å². The number of nitrogen functional groups attached to an aromatic ring is 1. The molecule has 0 saturated carbocycles. The first-order valence-electron chi connectivity index (χ1n) is 7.72. The lowest BCUT2D eigenvalue weighted by molar-refractivity contribution is 0.112. The molecule has 0 unspecified atom stereocenters. The van der Waals surface area contributed by atoms with Gasteiger partial charge in [0.15, 0.2) is 17.8 Å². The lowest BCUT2D eigenvalue weighted by Crippen LogP contribution is -2.02. The normalized spacial score (nSPS) is 10.4. The number of carbonyl (C=O) groups is 1. The fraction of sp³-hybridized carbons (Fsp3) is 0.158. The molecule has 0 aliphatic heterocycles. The molecule has 6 nitrogen and oxygen atoms in total. The van der Waals surface area contributed by atoms with Gasteiger partial charge < -0.3 is 19.9 Å². The number of rotatable bonds is 6. The van der Waals surface area contributed by atoms with Gasteiger partial charge in [-0.15, -0.1) is 11.3 Å². The highest BCUT2D eigenvalue weighted by Gasteiger charge is 2.23. The van der Waals surface area contributed by atoms with Crippen molar-refractivity contribution in [2.24, 2.45) is 0 Å². The van der Waals surface area contributed by atoms with Crippen molar-refractivity contribution < 1.29 is 19.0 Å². The fourth-order valence-electron chi connectivity index (χ4n) is 2.84. The highest BCUT2D eigenvalue weighted by Crippen LogP contribution is 2.48. The average molecular weight is 370 g/mol. The van der Waals surface area contributed by atoms with E-state index in [4.69, 9.17) is 19.9 Å². The molecule has 0 atom stereocenters. The number of anilines is 1. The molecule has 0 radical (unpaired) electrons. The second-order valence-electron chi connectivity index (χ2n) is 5.37. The summed E-state index contributed by atoms with van der Waals surface area (Å²) in [4.78, 5) is 16.0. The van der Waals surface area contributed by atoms with Crippen LogP contribution in [0.25, 0.3) is 21.7 Å². The number of aromatic nitrogens is 1. The molecular formula is C19H18N2O4S. The van der Waals surface area contributed by atoms with Crippen molar-refractivity contribution in [2.75, 3.05) is 27.1 Å². The zero-order chi connectivity index (χ0) is 18.7. The summed E-state index contributed by atoms with van der Waals surface area (Å²) in [5, 5.41) is 2.78. The Balaban J connectivity index is 2.24. The Bertz CT molecular complexity index is 939. The number of aldehydes is 1. The number of hydrogen-bond acceptors (Lipinski definition) is 7. The number of methoxy groups -OCH3 is 3. The van der Waals surface area contributed by atoms with Crippen LogP contribution in [0.15, 0.2) is 35.8 Å². The molecule has 7 heteroatoms. The summed E-state index contributed by atoms with van der Waals surface area (Å²) in [5.74, 6) is 1.20. The highest BCUT2D eigenvalue weighted by atomic mass is 32.1. The van der Waals surface area contributed by atoms with Gasteiger partial charge >= 0.3 is 0 Å². The van der Waals surface area contributed by atoms with Crippen molar-refractivity contribution in [3.8, 4) is 38.9 Å². The Hall–Kier alpha value is -3.06. The van der Waals surface area contributed by atoms with Crippen LogP contribution in [-0.2, 0) is 0 Å². The molecular weight excluding hydrogens is 352 g/mol. The molecule has 0 spiro atoms. The Morgan fingerprint density at radius 1 is 1.08 bits per heavy atom. The summed E-state index contributed by atoms with van der Waals surface area (Å²) in [7, 11) is 4.53. The largest absolute Gasteiger partial charge is 0.493 e. The summed E-state index contributed by atoms with van der Waals surface area (Å²) in [6, 6.07) is 7.20. The van der Waals surface area contributed by atoms with Gasteiger partial charge in [0.1, 0.15) is 5.01 Å². The number of carbonyl (C=O) groups excluding carboxylic acids is 1. The van der Waals surface area contributed by atoms with E-state index in [0.717, 1.165) is 16.9 Å². The standard InChI is InChI=1S/C19H18N2O4S/c1-23-15-9-12(10-22)16(18(25-3)17(15)24-2)13-5-4-11(8-14(13)20)19-21-6-7-26-19/h4-10H,20H2,1-3H3. The summed E-state index contributed by atoms with van der Waals surface area (Å²) in [6.45, 7) is 0. The molecule has 2 N–H and O–H groups in total. The Morgan fingerprint density at radius 2 is 1.85 bits per heavy atom. The Morgan fingerprint density at radius 3 is 2.38 bits per heavy atom. The molecule has 0 aliphatic carbocycles. The quantitative estimate of drug-likeness (QED) is 0.523. The summed E-state index contributed by atoms with van der Waals surface area (Å²) >= 11 is 1.53. The van der Waals surface area contributed by atoms with Crippen LogP contribution in [0.5, 0.6) is 17.2 Å². The van der Waals surface area contributed by atoms with E-state index in [1.165, 1.54) is 32.7 Å². The van der Waals surface area contributed by atoms with Crippen molar-refractivity contribution in [1.29, 1.82) is 0 Å². The van der Waals surface area contributed by atoms with E-state index in [0.29, 0.717) is 39.6 Å². The first-order valence-corrected chi connectivity index (χ1v) is 8.60. The van der Waals surface area contributed by atoms with Gasteiger partial charge in [-0.1, -0.05) is 12.1 Å². The molecule has 1 aromatic heterocycles. The van der Waals surface area contributed by atoms with E-state index < -0.39 is 0 Å². The number of ether oxygens (including phenoxy) is 3. The van der Waals surface area contributed by atoms with Crippen molar-refractivity contribution in [3.05, 3.63) is 41.4 Å². The van der Waals surface area contributed by atoms with Crippen LogP contribution < -0.4 is 19.9 Å². The average Bonchev–Trinajstić information content (AvgIpc) is 3.21. The van der Waals surface area contributed by atoms with Crippen molar-refractivity contribution in [3.63, 3.8) is 0 Å². The molecule has 0 aliphatic rings. The lowest BCUT2D eigenvalue weighted by Gasteiger charge is -2.19. The van der Waals surface area contributed by atoms with Crippen LogP contribution in [0.4, 0.5) is 5.69 Å². The van der Waals surface area contributed by atoms with E-state index >= 15 is 0 Å². The Kier molecular flexibility index (Phi) is 5.09. The predicted molar refractivity (Wildman–Crippen MR) is 102 cm³/mol. The number of nitrogens with zero attached hydrogens (tertiary/aromatic N) is 1. The summed E-state index contributed by atoms with van der Waals surface area (Å²) in [5.41, 5.74) is 9.35. The fourth-order valence-corrected chi connectivity index (χ4v) is 3.47. The molecule has 1 heterocycles. The van der Waals surface area contributed by atoms with Crippen molar-refractivity contribution >= 4 is 23.3 Å². The highest BCUT2D eigenvalue weighted by molar-refractivity contribution is 7.13. The van der Waals surface area contributed by atoms with Crippen LogP contribution in [0.1, 0.15) is 10.4 Å². The van der Waals surface area contributed by atoms with Crippen LogP contribution in [0, 0.1) is 0 Å². The number of nitrogens with two attached hydrogens (primary N) is 1. The van der Waals surface area contributed by atoms with Gasteiger partial charge in [-0.25, -0.2) is 4.98 Å². The maximum atomic E-state index is 11.7. The second-order valence-corrected chi connectivity index (χ2v) is 6.26. The topological polar surface area (TPSA) is 83.7 Å². The third-order valence-electron chi connectivity index (χ3n) is 3.99. The molecule has 134 valence electrons. The van der Waals surface area contributed by atoms with E-state index in [1.54, 1.807) is 12.3 Å². The maximum Gasteiger partial charge on any atom is 0.203 e. The minimum Gasteiger partial charge on any atom is -0.493 e. The van der Waals surface area contributed by atoms with E-state index in [-0.39, 0.29) is 0 Å². The minimum atomic E-state index is 0.391. The van der Waals surface area contributed by atoms with Crippen molar-refractivity contribution in [2.45, 2.75) is 0 Å². The Labute approximate surface area is 155 Å². The SMILES string of the molecule is COc1cc(C=O)c(-c2ccc(-c3nccs3)cc2N)c(OC)c1OC. The summed E-state index contributed by atoms with van der Waals surface area (Å²) in [6.07, 6.45) is 2.49. The summed E-state index contributed by atoms with van der Waals surface area (Å²) < 4.78 is 16.3. The van der Waals surface area contributed by atoms with Gasteiger partial charge in [-0.2, -0.15) is 0 Å². The number of benzene rings is 2. The van der Waals surface area contributed by atoms with Gasteiger partial charge in [-0.3, -0.25) is 4.79 Å². The molecule has 0 bridgehead atoms. The molecule has 0 fully saturated rings. The molecule has 26 heavy (non-hydrogen) atoms. The van der Waals surface area contributed by atoms with Crippen LogP contribution >= 0.6 is 11.3 Å². The van der Waals surface area contributed by atoms with E-state index in [9.17, 15) is 4.79 Å². The van der Waals surface area contributed by atoms with Crippen molar-refractivity contribution in [1.82, 2.24) is 4.98 Å². The van der Waals surface area contributed by atoms with E-state index in [2.05, 4.69) is 4.98 Å².